The fourth-order valence-corrected chi connectivity index (χ4v) is 14.0. The molecular formula is C105H126N7+7. The van der Waals surface area contributed by atoms with Gasteiger partial charge in [0.05, 0.1) is 11.1 Å². The number of hydrogen-bond donors (Lipinski definition) is 0. The molecule has 0 spiro atoms. The third kappa shape index (κ3) is 21.4. The van der Waals surface area contributed by atoms with Gasteiger partial charge < -0.3 is 0 Å². The monoisotopic (exact) mass is 1500 g/mol. The van der Waals surface area contributed by atoms with E-state index in [9.17, 15) is 0 Å². The van der Waals surface area contributed by atoms with Crippen LogP contribution in [0.25, 0.3) is 78.8 Å². The second-order valence-corrected chi connectivity index (χ2v) is 29.8. The first-order valence-electron chi connectivity index (χ1n) is 44.4. The average Bonchev–Trinajstić information content (AvgIpc) is 0.787. The molecule has 0 saturated heterocycles. The van der Waals surface area contributed by atoms with Gasteiger partial charge in [-0.2, -0.15) is 22.8 Å². The van der Waals surface area contributed by atoms with Gasteiger partial charge in [0, 0.05) is 163 Å². The van der Waals surface area contributed by atoms with Gasteiger partial charge in [0.15, 0.2) is 40.9 Å². The van der Waals surface area contributed by atoms with Gasteiger partial charge in [-0.3, -0.25) is 0 Å². The van der Waals surface area contributed by atoms with Crippen LogP contribution in [0.1, 0.15) is 134 Å². The Morgan fingerprint density at radius 1 is 0.205 bits per heavy atom. The van der Waals surface area contributed by atoms with E-state index in [4.69, 9.17) is 16.4 Å². The minimum Gasteiger partial charge on any atom is -0.201 e. The molecular weight excluding hydrogens is 1360 g/mol. The Bertz CT molecular complexity index is 5980. The zero-order valence-corrected chi connectivity index (χ0v) is 70.9. The highest BCUT2D eigenvalue weighted by Gasteiger charge is 2.22. The number of rotatable bonds is 7. The molecule has 14 aromatic rings. The predicted molar refractivity (Wildman–Crippen MR) is 471 cm³/mol. The van der Waals surface area contributed by atoms with Crippen molar-refractivity contribution in [1.29, 1.82) is 0 Å². The molecule has 0 unspecified atom stereocenters. The van der Waals surface area contributed by atoms with E-state index in [-0.39, 0.29) is 0 Å². The molecule has 0 radical (unpaired) electrons. The molecule has 574 valence electrons. The zero-order valence-electron chi connectivity index (χ0n) is 82.9. The van der Waals surface area contributed by atoms with E-state index >= 15 is 0 Å². The highest BCUT2D eigenvalue weighted by molar-refractivity contribution is 5.69. The van der Waals surface area contributed by atoms with Crippen molar-refractivity contribution in [3.63, 3.8) is 0 Å². The lowest BCUT2D eigenvalue weighted by atomic mass is 9.99. The van der Waals surface area contributed by atoms with Gasteiger partial charge in [-0.05, 0) is 244 Å². The molecule has 7 nitrogen and oxygen atoms in total. The van der Waals surface area contributed by atoms with Crippen molar-refractivity contribution >= 4 is 0 Å². The lowest BCUT2D eigenvalue weighted by Crippen LogP contribution is -2.35. The summed E-state index contributed by atoms with van der Waals surface area (Å²) in [6, 6.07) is 81.0. The summed E-state index contributed by atoms with van der Waals surface area (Å²) < 4.78 is 105. The Kier molecular flexibility index (Phi) is 24.6. The Balaban J connectivity index is 0.000000180. The number of pyridine rings is 7. The van der Waals surface area contributed by atoms with E-state index in [1.54, 1.807) is 51.1 Å². The molecule has 0 bridgehead atoms. The Hall–Kier alpha value is -11.4. The summed E-state index contributed by atoms with van der Waals surface area (Å²) in [4.78, 5) is 0. The van der Waals surface area contributed by atoms with Gasteiger partial charge in [0.1, 0.15) is 49.3 Å². The van der Waals surface area contributed by atoms with E-state index in [1.807, 2.05) is 172 Å². The number of aryl methyl sites for hydroxylation is 21. The molecule has 7 aromatic carbocycles. The molecule has 0 aliphatic heterocycles. The minimum absolute atomic E-state index is 0.353. The van der Waals surface area contributed by atoms with Gasteiger partial charge in [-0.25, -0.2) is 9.13 Å². The molecule has 0 N–H and O–H groups in total. The third-order valence-electron chi connectivity index (χ3n) is 21.4. The molecule has 0 atom stereocenters. The van der Waals surface area contributed by atoms with Crippen molar-refractivity contribution in [3.05, 3.63) is 373 Å². The predicted octanol–water partition coefficient (Wildman–Crippen LogP) is 21.7. The maximum Gasteiger partial charge on any atom is 0.215 e. The largest absolute Gasteiger partial charge is 0.215 e. The highest BCUT2D eigenvalue weighted by atomic mass is 15.0. The summed E-state index contributed by atoms with van der Waals surface area (Å²) in [6.45, 7) is 27.2. The smallest absolute Gasteiger partial charge is 0.201 e. The van der Waals surface area contributed by atoms with Crippen LogP contribution >= 0.6 is 0 Å². The maximum absolute atomic E-state index is 7.61. The van der Waals surface area contributed by atoms with Crippen molar-refractivity contribution < 1.29 is 48.4 Å². The lowest BCUT2D eigenvalue weighted by molar-refractivity contribution is -0.667. The lowest BCUT2D eigenvalue weighted by Gasteiger charge is -2.08. The fraction of sp³-hybridized carbons (Fsp3) is 0.267. The van der Waals surface area contributed by atoms with Crippen LogP contribution in [0.3, 0.4) is 0 Å². The van der Waals surface area contributed by atoms with Crippen LogP contribution in [-0.4, -0.2) is 0 Å². The molecule has 0 aliphatic carbocycles. The fourth-order valence-electron chi connectivity index (χ4n) is 14.0. The summed E-state index contributed by atoms with van der Waals surface area (Å²) in [7, 11) is 13.7. The summed E-state index contributed by atoms with van der Waals surface area (Å²) in [5.41, 5.74) is 38.2. The SMILES string of the molecule is Cc1cc[n+](C)c(-c2cccc(C)c2C)c1.Cc1cccc(C)c1-c1cccc(C)[n+]1C.Cc1ccccc1-c1c(C)ccc(C)[n+]1C.[2H]C([2H])([2H])c1ccc(C)c(-c2ccccc2C)[n+]1C.[2H]C([2H])([2H])c1cccc(-c2c(C)cccc2C)[n+]1C.[2H]C([2H])([2H])c1cccc(-c2cc(C)cc[n+]2C)c1C.[2H]C([2H])([2H])c1cccc(-c2cc(C)ccc2C)[n+]1C. The standard InChI is InChI=1S/7C15H18N/c2*1-11-7-5-8-12(2)15(11)14-10-6-9-13(3)16(14)4;1-11-8-9-12(2)14(10-11)15-7-5-6-13(3)16(15)4;2*1-11-8-9-16(4)15(10-11)14-7-5-6-12(2)13(14)3;2*1-11-7-5-6-8-14(11)15-12(2)9-10-13(3)16(15)4/h7*5-10H,1-4H3/q7*+1/i3D3;;3D3;2D3;;3D3;. The van der Waals surface area contributed by atoms with Crippen molar-refractivity contribution in [2.24, 2.45) is 49.3 Å². The summed E-state index contributed by atoms with van der Waals surface area (Å²) in [5, 5.41) is 0. The molecule has 7 aromatic heterocycles. The molecule has 0 saturated carbocycles. The molecule has 0 fully saturated rings. The van der Waals surface area contributed by atoms with Crippen molar-refractivity contribution in [1.82, 2.24) is 0 Å². The normalized spacial score (nSPS) is 12.5. The second kappa shape index (κ2) is 39.5. The molecule has 0 amide bonds. The van der Waals surface area contributed by atoms with Gasteiger partial charge >= 0.3 is 0 Å². The topological polar surface area (TPSA) is 27.2 Å². The average molecular weight is 1500 g/mol. The van der Waals surface area contributed by atoms with Crippen LogP contribution in [-0.2, 0) is 49.3 Å². The van der Waals surface area contributed by atoms with Crippen LogP contribution in [0.5, 0.6) is 0 Å². The van der Waals surface area contributed by atoms with Crippen LogP contribution in [0.4, 0.5) is 0 Å². The summed E-state index contributed by atoms with van der Waals surface area (Å²) in [5.74, 6) is 0. The van der Waals surface area contributed by atoms with Crippen LogP contribution < -0.4 is 32.0 Å². The molecule has 0 aliphatic rings. The van der Waals surface area contributed by atoms with Crippen LogP contribution in [0.15, 0.2) is 255 Å². The molecule has 14 rings (SSSR count). The van der Waals surface area contributed by atoms with E-state index in [0.717, 1.165) is 84.0 Å². The van der Waals surface area contributed by atoms with Gasteiger partial charge in [-0.1, -0.05) is 115 Å². The Morgan fingerprint density at radius 2 is 0.518 bits per heavy atom. The quantitative estimate of drug-likeness (QED) is 0.142. The maximum atomic E-state index is 7.61. The summed E-state index contributed by atoms with van der Waals surface area (Å²) in [6.07, 6.45) is 4.11. The number of benzene rings is 7. The Labute approximate surface area is 690 Å². The third-order valence-corrected chi connectivity index (χ3v) is 21.4. The Morgan fingerprint density at radius 3 is 0.973 bits per heavy atom. The highest BCUT2D eigenvalue weighted by Crippen LogP contribution is 2.30. The minimum atomic E-state index is -2.10. The van der Waals surface area contributed by atoms with Crippen molar-refractivity contribution in [2.45, 2.75) is 145 Å². The van der Waals surface area contributed by atoms with Gasteiger partial charge in [0.2, 0.25) is 39.9 Å². The molecule has 7 heterocycles. The molecule has 112 heavy (non-hydrogen) atoms. The number of nitrogens with zero attached hydrogens (tertiary/aromatic N) is 7. The van der Waals surface area contributed by atoms with Gasteiger partial charge in [0.25, 0.3) is 0 Å². The molecule has 7 heteroatoms. The first-order chi connectivity index (χ1) is 58.1. The van der Waals surface area contributed by atoms with E-state index < -0.39 is 27.4 Å². The van der Waals surface area contributed by atoms with E-state index in [1.165, 1.54) is 89.7 Å². The van der Waals surface area contributed by atoms with Crippen molar-refractivity contribution in [2.75, 3.05) is 0 Å². The van der Waals surface area contributed by atoms with E-state index in [2.05, 4.69) is 231 Å². The first-order valence-corrected chi connectivity index (χ1v) is 38.4. The summed E-state index contributed by atoms with van der Waals surface area (Å²) >= 11 is 0. The number of aromatic nitrogens is 7. The zero-order chi connectivity index (χ0) is 91.9. The van der Waals surface area contributed by atoms with Crippen LogP contribution in [0.2, 0.25) is 0 Å². The first kappa shape index (κ1) is 69.8. The van der Waals surface area contributed by atoms with Gasteiger partial charge in [-0.15, -0.1) is 0 Å². The number of hydrogen-bond acceptors (Lipinski definition) is 0. The second-order valence-electron chi connectivity index (χ2n) is 29.8. The van der Waals surface area contributed by atoms with Crippen LogP contribution in [0, 0.1) is 145 Å². The van der Waals surface area contributed by atoms with Crippen molar-refractivity contribution in [3.8, 4) is 78.8 Å². The van der Waals surface area contributed by atoms with E-state index in [0.29, 0.717) is 22.6 Å².